The van der Waals surface area contributed by atoms with E-state index in [2.05, 4.69) is 18.8 Å². The third-order valence-electron chi connectivity index (χ3n) is 2.90. The molecule has 0 fully saturated rings. The van der Waals surface area contributed by atoms with Gasteiger partial charge in [0, 0.05) is 10.6 Å². The molecule has 1 unspecified atom stereocenters. The van der Waals surface area contributed by atoms with Gasteiger partial charge in [0.05, 0.1) is 5.69 Å². The molecule has 1 aromatic carbocycles. The maximum atomic E-state index is 10.9. The van der Waals surface area contributed by atoms with Crippen LogP contribution in [0.3, 0.4) is 0 Å². The van der Waals surface area contributed by atoms with Gasteiger partial charge in [-0.2, -0.15) is 0 Å². The third kappa shape index (κ3) is 1.95. The summed E-state index contributed by atoms with van der Waals surface area (Å²) in [6, 6.07) is 5.11. The molecule has 1 aromatic rings. The molecule has 0 radical (unpaired) electrons. The Labute approximate surface area is 97.9 Å². The highest BCUT2D eigenvalue weighted by Gasteiger charge is 2.28. The fraction of sp³-hybridized carbons (Fsp3) is 0.417. The van der Waals surface area contributed by atoms with Crippen molar-refractivity contribution >= 4 is 22.5 Å². The highest BCUT2D eigenvalue weighted by Crippen LogP contribution is 2.39. The summed E-state index contributed by atoms with van der Waals surface area (Å²) in [5.74, 6) is 0. The molecule has 0 bridgehead atoms. The van der Waals surface area contributed by atoms with Gasteiger partial charge in [-0.25, -0.2) is 0 Å². The van der Waals surface area contributed by atoms with Gasteiger partial charge < -0.3 is 4.55 Å². The average molecular weight is 236 g/mol. The first-order valence-corrected chi connectivity index (χ1v) is 6.25. The van der Waals surface area contributed by atoms with Gasteiger partial charge >= 0.3 is 0 Å². The lowest BCUT2D eigenvalue weighted by molar-refractivity contribution is 0.531. The van der Waals surface area contributed by atoms with Crippen LogP contribution in [0.15, 0.2) is 28.1 Å². The van der Waals surface area contributed by atoms with E-state index in [0.29, 0.717) is 4.90 Å². The standard InChI is InChI=1S/C12H15NO2S/c1-8-7-12(2,3)10-6-9(16(14)15)4-5-11(10)13-8/h4-6H,7H2,1-3H3,(H,14,15)/p-1. The lowest BCUT2D eigenvalue weighted by Crippen LogP contribution is -2.24. The Hall–Kier alpha value is -1.00. The summed E-state index contributed by atoms with van der Waals surface area (Å²) in [7, 11) is 0. The van der Waals surface area contributed by atoms with Crippen LogP contribution in [0.25, 0.3) is 0 Å². The predicted octanol–water partition coefficient (Wildman–Crippen LogP) is 2.70. The maximum Gasteiger partial charge on any atom is 0.0667 e. The maximum absolute atomic E-state index is 10.9. The Kier molecular flexibility index (Phi) is 2.72. The molecule has 0 aliphatic carbocycles. The first kappa shape index (κ1) is 11.5. The molecule has 1 atom stereocenters. The quantitative estimate of drug-likeness (QED) is 0.704. The molecule has 4 heteroatoms. The molecular weight excluding hydrogens is 222 g/mol. The number of hydrogen-bond donors (Lipinski definition) is 0. The number of fused-ring (bicyclic) bond motifs is 1. The second-order valence-electron chi connectivity index (χ2n) is 4.82. The first-order valence-electron chi connectivity index (χ1n) is 5.18. The van der Waals surface area contributed by atoms with E-state index in [1.165, 1.54) is 0 Å². The molecule has 1 aliphatic rings. The summed E-state index contributed by atoms with van der Waals surface area (Å²) in [4.78, 5) is 4.79. The summed E-state index contributed by atoms with van der Waals surface area (Å²) in [6.45, 7) is 6.23. The molecule has 0 amide bonds. The van der Waals surface area contributed by atoms with Crippen LogP contribution >= 0.6 is 0 Å². The normalized spacial score (nSPS) is 19.9. The molecular formula is C12H14NO2S-. The summed E-state index contributed by atoms with van der Waals surface area (Å²) in [5, 5.41) is 0. The highest BCUT2D eigenvalue weighted by molar-refractivity contribution is 7.79. The first-order chi connectivity index (χ1) is 7.40. The minimum Gasteiger partial charge on any atom is -0.768 e. The largest absolute Gasteiger partial charge is 0.768 e. The van der Waals surface area contributed by atoms with Gasteiger partial charge in [0.2, 0.25) is 0 Å². The Morgan fingerprint density at radius 2 is 2.12 bits per heavy atom. The molecule has 0 saturated carbocycles. The van der Waals surface area contributed by atoms with E-state index in [1.54, 1.807) is 18.2 Å². The van der Waals surface area contributed by atoms with Gasteiger partial charge in [0.1, 0.15) is 0 Å². The molecule has 86 valence electrons. The van der Waals surface area contributed by atoms with Crippen molar-refractivity contribution in [3.63, 3.8) is 0 Å². The number of hydrogen-bond acceptors (Lipinski definition) is 3. The van der Waals surface area contributed by atoms with Crippen LogP contribution in [-0.2, 0) is 16.5 Å². The van der Waals surface area contributed by atoms with Crippen molar-refractivity contribution < 1.29 is 8.76 Å². The number of nitrogens with zero attached hydrogens (tertiary/aromatic N) is 1. The van der Waals surface area contributed by atoms with Gasteiger partial charge in [-0.1, -0.05) is 13.8 Å². The minimum absolute atomic E-state index is 0.0451. The SMILES string of the molecule is CC1=Nc2ccc(S(=O)[O-])cc2C(C)(C)C1. The number of rotatable bonds is 1. The van der Waals surface area contributed by atoms with Gasteiger partial charge in [-0.3, -0.25) is 9.20 Å². The average Bonchev–Trinajstić information content (AvgIpc) is 2.15. The van der Waals surface area contributed by atoms with Gasteiger partial charge in [-0.05, 0) is 53.6 Å². The third-order valence-corrected chi connectivity index (χ3v) is 3.54. The Balaban J connectivity index is 2.61. The summed E-state index contributed by atoms with van der Waals surface area (Å²) in [6.07, 6.45) is 0.870. The van der Waals surface area contributed by atoms with Gasteiger partial charge in [0.15, 0.2) is 0 Å². The van der Waals surface area contributed by atoms with Crippen LogP contribution in [-0.4, -0.2) is 14.5 Å². The lowest BCUT2D eigenvalue weighted by Gasteiger charge is -2.31. The molecule has 3 nitrogen and oxygen atoms in total. The number of benzene rings is 1. The molecule has 16 heavy (non-hydrogen) atoms. The van der Waals surface area contributed by atoms with Crippen molar-refractivity contribution in [2.24, 2.45) is 4.99 Å². The van der Waals surface area contributed by atoms with E-state index in [0.717, 1.165) is 23.4 Å². The van der Waals surface area contributed by atoms with Gasteiger partial charge in [-0.15, -0.1) is 0 Å². The van der Waals surface area contributed by atoms with E-state index in [1.807, 2.05) is 6.92 Å². The molecule has 2 rings (SSSR count). The van der Waals surface area contributed by atoms with E-state index in [4.69, 9.17) is 0 Å². The van der Waals surface area contributed by atoms with Crippen LogP contribution in [0.1, 0.15) is 32.8 Å². The van der Waals surface area contributed by atoms with Crippen LogP contribution in [0.5, 0.6) is 0 Å². The smallest absolute Gasteiger partial charge is 0.0667 e. The molecule has 1 aliphatic heterocycles. The fourth-order valence-corrected chi connectivity index (χ4v) is 2.63. The zero-order chi connectivity index (χ0) is 11.9. The van der Waals surface area contributed by atoms with Crippen molar-refractivity contribution in [2.45, 2.75) is 37.5 Å². The zero-order valence-electron chi connectivity index (χ0n) is 9.61. The summed E-state index contributed by atoms with van der Waals surface area (Å²) < 4.78 is 21.9. The van der Waals surface area contributed by atoms with Crippen molar-refractivity contribution in [3.8, 4) is 0 Å². The Morgan fingerprint density at radius 1 is 1.44 bits per heavy atom. The van der Waals surface area contributed by atoms with E-state index < -0.39 is 11.1 Å². The minimum atomic E-state index is -2.17. The molecule has 0 N–H and O–H groups in total. The summed E-state index contributed by atoms with van der Waals surface area (Å²) in [5.41, 5.74) is 2.95. The van der Waals surface area contributed by atoms with Crippen molar-refractivity contribution in [1.29, 1.82) is 0 Å². The van der Waals surface area contributed by atoms with E-state index in [9.17, 15) is 8.76 Å². The second kappa shape index (κ2) is 3.79. The molecule has 0 saturated heterocycles. The van der Waals surface area contributed by atoms with Crippen LogP contribution < -0.4 is 0 Å². The predicted molar refractivity (Wildman–Crippen MR) is 64.0 cm³/mol. The fourth-order valence-electron chi connectivity index (χ4n) is 2.24. The molecule has 0 aromatic heterocycles. The monoisotopic (exact) mass is 236 g/mol. The van der Waals surface area contributed by atoms with E-state index >= 15 is 0 Å². The summed E-state index contributed by atoms with van der Waals surface area (Å²) >= 11 is -2.17. The van der Waals surface area contributed by atoms with Crippen molar-refractivity contribution in [3.05, 3.63) is 23.8 Å². The lowest BCUT2D eigenvalue weighted by atomic mass is 9.77. The Bertz CT molecular complexity index is 492. The molecule has 1 heterocycles. The van der Waals surface area contributed by atoms with Crippen molar-refractivity contribution in [1.82, 2.24) is 0 Å². The van der Waals surface area contributed by atoms with Crippen molar-refractivity contribution in [2.75, 3.05) is 0 Å². The topological polar surface area (TPSA) is 52.5 Å². The zero-order valence-corrected chi connectivity index (χ0v) is 10.4. The van der Waals surface area contributed by atoms with E-state index in [-0.39, 0.29) is 5.41 Å². The highest BCUT2D eigenvalue weighted by atomic mass is 32.2. The Morgan fingerprint density at radius 3 is 2.75 bits per heavy atom. The molecule has 0 spiro atoms. The van der Waals surface area contributed by atoms with Crippen LogP contribution in [0.4, 0.5) is 5.69 Å². The van der Waals surface area contributed by atoms with Crippen LogP contribution in [0.2, 0.25) is 0 Å². The second-order valence-corrected chi connectivity index (χ2v) is 5.76. The van der Waals surface area contributed by atoms with Gasteiger partial charge in [0.25, 0.3) is 0 Å². The number of aliphatic imine (C=N–C) groups is 1. The van der Waals surface area contributed by atoms with Crippen LogP contribution in [0, 0.1) is 0 Å².